The molecule has 10 heavy (non-hydrogen) atoms. The van der Waals surface area contributed by atoms with Gasteiger partial charge in [-0.1, -0.05) is 0 Å². The van der Waals surface area contributed by atoms with Gasteiger partial charge in [-0.2, -0.15) is 5.10 Å². The van der Waals surface area contributed by atoms with Gasteiger partial charge in [-0.25, -0.2) is 5.01 Å². The average Bonchev–Trinajstić information content (AvgIpc) is 2.61. The summed E-state index contributed by atoms with van der Waals surface area (Å²) in [6.45, 7) is 0. The maximum absolute atomic E-state index is 11.0. The summed E-state index contributed by atoms with van der Waals surface area (Å²) in [5.41, 5.74) is 5.37. The zero-order chi connectivity index (χ0) is 7.14. The molecule has 1 fully saturated rings. The molecule has 1 heterocycles. The van der Waals surface area contributed by atoms with Gasteiger partial charge >= 0.3 is 0 Å². The fourth-order valence-electron chi connectivity index (χ4n) is 1.07. The molecule has 0 spiro atoms. The van der Waals surface area contributed by atoms with Crippen LogP contribution in [-0.4, -0.2) is 22.8 Å². The van der Waals surface area contributed by atoms with Crippen molar-refractivity contribution in [2.75, 3.05) is 0 Å². The third-order valence-electron chi connectivity index (χ3n) is 1.72. The van der Waals surface area contributed by atoms with Crippen LogP contribution in [0.4, 0.5) is 0 Å². The van der Waals surface area contributed by atoms with Crippen LogP contribution in [0.25, 0.3) is 0 Å². The van der Waals surface area contributed by atoms with Crippen LogP contribution in [0, 0.1) is 0 Å². The van der Waals surface area contributed by atoms with E-state index in [1.807, 2.05) is 0 Å². The number of amidine groups is 1. The van der Waals surface area contributed by atoms with Crippen LogP contribution >= 0.6 is 0 Å². The van der Waals surface area contributed by atoms with Gasteiger partial charge in [-0.15, -0.1) is 0 Å². The summed E-state index contributed by atoms with van der Waals surface area (Å²) in [7, 11) is 0. The Bertz CT molecular complexity index is 207. The summed E-state index contributed by atoms with van der Waals surface area (Å²) in [5, 5.41) is 5.43. The summed E-state index contributed by atoms with van der Waals surface area (Å²) < 4.78 is 0. The normalized spacial score (nSPS) is 25.4. The minimum atomic E-state index is 0.0556. The largest absolute Gasteiger partial charge is 0.385 e. The average molecular weight is 139 g/mol. The van der Waals surface area contributed by atoms with Crippen LogP contribution < -0.4 is 5.73 Å². The Morgan fingerprint density at radius 3 is 2.70 bits per heavy atom. The predicted octanol–water partition coefficient (Wildman–Crippen LogP) is -0.347. The number of hydrazone groups is 1. The predicted molar refractivity (Wildman–Crippen MR) is 36.1 cm³/mol. The Kier molecular flexibility index (Phi) is 0.977. The SMILES string of the molecule is NC1=NN(C2CC2)C(=O)C1. The van der Waals surface area contributed by atoms with Gasteiger partial charge in [-0.05, 0) is 12.8 Å². The van der Waals surface area contributed by atoms with E-state index in [1.165, 1.54) is 5.01 Å². The van der Waals surface area contributed by atoms with Crippen LogP contribution in [0.2, 0.25) is 0 Å². The zero-order valence-corrected chi connectivity index (χ0v) is 5.58. The smallest absolute Gasteiger partial charge is 0.250 e. The van der Waals surface area contributed by atoms with E-state index in [2.05, 4.69) is 5.10 Å². The van der Waals surface area contributed by atoms with E-state index in [4.69, 9.17) is 5.73 Å². The molecule has 1 saturated carbocycles. The van der Waals surface area contributed by atoms with Crippen molar-refractivity contribution in [2.24, 2.45) is 10.8 Å². The molecule has 0 unspecified atom stereocenters. The molecule has 0 aromatic carbocycles. The molecule has 0 atom stereocenters. The highest BCUT2D eigenvalue weighted by molar-refractivity contribution is 6.03. The van der Waals surface area contributed by atoms with Crippen LogP contribution in [0.15, 0.2) is 5.10 Å². The maximum Gasteiger partial charge on any atom is 0.250 e. The van der Waals surface area contributed by atoms with E-state index in [0.717, 1.165) is 12.8 Å². The van der Waals surface area contributed by atoms with E-state index in [0.29, 0.717) is 18.3 Å². The van der Waals surface area contributed by atoms with Crippen LogP contribution in [0.3, 0.4) is 0 Å². The molecule has 1 aliphatic heterocycles. The Morgan fingerprint density at radius 1 is 1.60 bits per heavy atom. The highest BCUT2D eigenvalue weighted by Gasteiger charge is 2.36. The minimum absolute atomic E-state index is 0.0556. The molecule has 4 nitrogen and oxygen atoms in total. The number of hydrogen-bond acceptors (Lipinski definition) is 3. The van der Waals surface area contributed by atoms with Crippen molar-refractivity contribution in [3.05, 3.63) is 0 Å². The molecule has 0 aromatic rings. The van der Waals surface area contributed by atoms with Gasteiger partial charge in [0.2, 0.25) is 0 Å². The number of nitrogens with two attached hydrogens (primary N) is 1. The van der Waals surface area contributed by atoms with E-state index in [9.17, 15) is 4.79 Å². The van der Waals surface area contributed by atoms with Crippen molar-refractivity contribution in [3.8, 4) is 0 Å². The molecule has 1 aliphatic carbocycles. The highest BCUT2D eigenvalue weighted by Crippen LogP contribution is 2.29. The van der Waals surface area contributed by atoms with E-state index >= 15 is 0 Å². The van der Waals surface area contributed by atoms with Crippen LogP contribution in [0.1, 0.15) is 19.3 Å². The quantitative estimate of drug-likeness (QED) is 0.540. The molecular weight excluding hydrogens is 130 g/mol. The van der Waals surface area contributed by atoms with Gasteiger partial charge in [0.15, 0.2) is 0 Å². The van der Waals surface area contributed by atoms with Gasteiger partial charge in [0.25, 0.3) is 5.91 Å². The third kappa shape index (κ3) is 0.761. The molecule has 0 aromatic heterocycles. The number of amides is 1. The molecule has 2 aliphatic rings. The van der Waals surface area contributed by atoms with E-state index in [-0.39, 0.29) is 5.91 Å². The lowest BCUT2D eigenvalue weighted by atomic mass is 10.4. The first-order valence-electron chi connectivity index (χ1n) is 3.42. The van der Waals surface area contributed by atoms with Crippen LogP contribution in [-0.2, 0) is 4.79 Å². The van der Waals surface area contributed by atoms with Crippen molar-refractivity contribution in [1.29, 1.82) is 0 Å². The minimum Gasteiger partial charge on any atom is -0.385 e. The third-order valence-corrected chi connectivity index (χ3v) is 1.72. The topological polar surface area (TPSA) is 58.7 Å². The maximum atomic E-state index is 11.0. The van der Waals surface area contributed by atoms with Crippen molar-refractivity contribution in [1.82, 2.24) is 5.01 Å². The summed E-state index contributed by atoms with van der Waals surface area (Å²) in [6, 6.07) is 0.369. The molecule has 0 radical (unpaired) electrons. The number of hydrogen-bond donors (Lipinski definition) is 1. The molecular formula is C6H9N3O. The van der Waals surface area contributed by atoms with Crippen molar-refractivity contribution < 1.29 is 4.79 Å². The molecule has 0 bridgehead atoms. The van der Waals surface area contributed by atoms with Gasteiger partial charge in [-0.3, -0.25) is 4.79 Å². The summed E-state index contributed by atoms with van der Waals surface area (Å²) >= 11 is 0. The summed E-state index contributed by atoms with van der Waals surface area (Å²) in [6.07, 6.45) is 2.49. The number of nitrogens with zero attached hydrogens (tertiary/aromatic N) is 2. The van der Waals surface area contributed by atoms with Gasteiger partial charge in [0.05, 0.1) is 12.5 Å². The highest BCUT2D eigenvalue weighted by atomic mass is 16.2. The summed E-state index contributed by atoms with van der Waals surface area (Å²) in [5.74, 6) is 0.511. The van der Waals surface area contributed by atoms with E-state index < -0.39 is 0 Å². The first-order valence-corrected chi connectivity index (χ1v) is 3.42. The second-order valence-corrected chi connectivity index (χ2v) is 2.74. The Morgan fingerprint density at radius 2 is 2.30 bits per heavy atom. The molecule has 4 heteroatoms. The molecule has 2 N–H and O–H groups in total. The first-order chi connectivity index (χ1) is 4.77. The molecule has 0 saturated heterocycles. The second-order valence-electron chi connectivity index (χ2n) is 2.74. The monoisotopic (exact) mass is 139 g/mol. The van der Waals surface area contributed by atoms with Gasteiger partial charge in [0, 0.05) is 0 Å². The van der Waals surface area contributed by atoms with Gasteiger partial charge < -0.3 is 5.73 Å². The lowest BCUT2D eigenvalue weighted by Gasteiger charge is -2.07. The van der Waals surface area contributed by atoms with E-state index in [1.54, 1.807) is 0 Å². The zero-order valence-electron chi connectivity index (χ0n) is 5.58. The number of rotatable bonds is 1. The fourth-order valence-corrected chi connectivity index (χ4v) is 1.07. The lowest BCUT2D eigenvalue weighted by molar-refractivity contribution is -0.129. The van der Waals surface area contributed by atoms with Crippen molar-refractivity contribution >= 4 is 11.7 Å². The van der Waals surface area contributed by atoms with Crippen molar-refractivity contribution in [3.63, 3.8) is 0 Å². The summed E-state index contributed by atoms with van der Waals surface area (Å²) in [4.78, 5) is 11.0. The fraction of sp³-hybridized carbons (Fsp3) is 0.667. The number of carbonyl (C=O) groups excluding carboxylic acids is 1. The van der Waals surface area contributed by atoms with Crippen LogP contribution in [0.5, 0.6) is 0 Å². The molecule has 54 valence electrons. The second kappa shape index (κ2) is 1.71. The Hall–Kier alpha value is -1.06. The van der Waals surface area contributed by atoms with Gasteiger partial charge in [0.1, 0.15) is 5.84 Å². The standard InChI is InChI=1S/C6H9N3O/c7-5-3-6(10)9(8-5)4-1-2-4/h4H,1-3H2,(H2,7,8). The lowest BCUT2D eigenvalue weighted by Crippen LogP contribution is -2.22. The Labute approximate surface area is 58.7 Å². The number of carbonyl (C=O) groups is 1. The molecule has 2 rings (SSSR count). The van der Waals surface area contributed by atoms with Crippen molar-refractivity contribution in [2.45, 2.75) is 25.3 Å². The Balaban J connectivity index is 2.13. The molecule has 1 amide bonds. The first kappa shape index (κ1) is 5.70.